The Morgan fingerprint density at radius 3 is 2.83 bits per heavy atom. The molecule has 3 rings (SSSR count). The second-order valence-corrected chi connectivity index (χ2v) is 6.24. The van der Waals surface area contributed by atoms with Crippen molar-refractivity contribution < 1.29 is 4.74 Å². The fraction of sp³-hybridized carbons (Fsp3) is 0.211. The summed E-state index contributed by atoms with van der Waals surface area (Å²) in [6, 6.07) is 18.3. The third-order valence-electron chi connectivity index (χ3n) is 3.59. The second-order valence-electron chi connectivity index (χ2n) is 5.26. The van der Waals surface area contributed by atoms with Crippen molar-refractivity contribution in [2.75, 3.05) is 13.6 Å². The molecule has 1 N–H and O–H groups in total. The predicted octanol–water partition coefficient (Wildman–Crippen LogP) is 4.54. The number of aromatic nitrogens is 1. The van der Waals surface area contributed by atoms with E-state index in [9.17, 15) is 0 Å². The van der Waals surface area contributed by atoms with Gasteiger partial charge < -0.3 is 10.1 Å². The zero-order valence-corrected chi connectivity index (χ0v) is 13.9. The van der Waals surface area contributed by atoms with Crippen molar-refractivity contribution in [3.63, 3.8) is 0 Å². The summed E-state index contributed by atoms with van der Waals surface area (Å²) in [5.74, 6) is 0.877. The van der Waals surface area contributed by atoms with Gasteiger partial charge in [0.05, 0.1) is 5.69 Å². The summed E-state index contributed by atoms with van der Waals surface area (Å²) in [4.78, 5) is 5.66. The fourth-order valence-corrected chi connectivity index (χ4v) is 3.22. The van der Waals surface area contributed by atoms with E-state index in [1.165, 1.54) is 4.88 Å². The molecule has 3 nitrogen and oxygen atoms in total. The fourth-order valence-electron chi connectivity index (χ4n) is 2.44. The number of hydrogen-bond donors (Lipinski definition) is 1. The molecule has 3 aromatic rings. The molecule has 0 saturated heterocycles. The van der Waals surface area contributed by atoms with Gasteiger partial charge in [-0.15, -0.1) is 11.3 Å². The molecule has 1 atom stereocenters. The van der Waals surface area contributed by atoms with Gasteiger partial charge in [0, 0.05) is 23.1 Å². The van der Waals surface area contributed by atoms with Crippen molar-refractivity contribution in [3.05, 3.63) is 71.1 Å². The van der Waals surface area contributed by atoms with E-state index in [2.05, 4.69) is 39.9 Å². The smallest absolute Gasteiger partial charge is 0.134 e. The van der Waals surface area contributed by atoms with Gasteiger partial charge in [-0.3, -0.25) is 4.98 Å². The van der Waals surface area contributed by atoms with Gasteiger partial charge >= 0.3 is 0 Å². The lowest BCUT2D eigenvalue weighted by molar-refractivity contribution is 0.199. The predicted molar refractivity (Wildman–Crippen MR) is 95.9 cm³/mol. The maximum atomic E-state index is 6.27. The van der Waals surface area contributed by atoms with Gasteiger partial charge in [-0.2, -0.15) is 0 Å². The van der Waals surface area contributed by atoms with Crippen LogP contribution in [-0.2, 0) is 0 Å². The summed E-state index contributed by atoms with van der Waals surface area (Å²) in [6.45, 7) is 0.919. The van der Waals surface area contributed by atoms with E-state index in [-0.39, 0.29) is 6.10 Å². The van der Waals surface area contributed by atoms with Crippen LogP contribution in [0, 0.1) is 0 Å². The molecular weight excluding hydrogens is 304 g/mol. The number of rotatable bonds is 7. The van der Waals surface area contributed by atoms with Crippen LogP contribution in [0.15, 0.2) is 66.2 Å². The molecule has 0 aliphatic heterocycles. The molecule has 1 aromatic carbocycles. The number of hydrogen-bond acceptors (Lipinski definition) is 4. The van der Waals surface area contributed by atoms with Crippen LogP contribution in [0.4, 0.5) is 0 Å². The maximum Gasteiger partial charge on any atom is 0.134 e. The summed E-state index contributed by atoms with van der Waals surface area (Å²) in [7, 11) is 1.97. The van der Waals surface area contributed by atoms with Gasteiger partial charge in [0.25, 0.3) is 0 Å². The van der Waals surface area contributed by atoms with Crippen LogP contribution in [-0.4, -0.2) is 18.6 Å². The molecule has 0 saturated carbocycles. The summed E-state index contributed by atoms with van der Waals surface area (Å²) in [5.41, 5.74) is 2.03. The van der Waals surface area contributed by atoms with Crippen molar-refractivity contribution in [1.82, 2.24) is 10.3 Å². The summed E-state index contributed by atoms with van der Waals surface area (Å²) >= 11 is 1.74. The van der Waals surface area contributed by atoms with Crippen molar-refractivity contribution in [1.29, 1.82) is 0 Å². The molecule has 0 aliphatic carbocycles. The number of ether oxygens (including phenoxy) is 1. The van der Waals surface area contributed by atoms with Crippen LogP contribution in [0.2, 0.25) is 0 Å². The minimum atomic E-state index is 0.0708. The summed E-state index contributed by atoms with van der Waals surface area (Å²) < 4.78 is 6.27. The molecule has 0 aliphatic rings. The molecule has 1 unspecified atom stereocenters. The highest BCUT2D eigenvalue weighted by molar-refractivity contribution is 7.10. The normalized spacial score (nSPS) is 12.0. The van der Waals surface area contributed by atoms with Crippen molar-refractivity contribution in [2.45, 2.75) is 12.5 Å². The lowest BCUT2D eigenvalue weighted by Gasteiger charge is -2.18. The summed E-state index contributed by atoms with van der Waals surface area (Å²) in [6.07, 6.45) is 2.82. The SMILES string of the molecule is CNCCC(Oc1cccc(-c2ccccn2)c1)c1cccs1. The molecule has 0 radical (unpaired) electrons. The zero-order chi connectivity index (χ0) is 15.9. The van der Waals surface area contributed by atoms with Crippen LogP contribution < -0.4 is 10.1 Å². The molecular formula is C19H20N2OS. The van der Waals surface area contributed by atoms with E-state index < -0.39 is 0 Å². The van der Waals surface area contributed by atoms with Gasteiger partial charge in [-0.25, -0.2) is 0 Å². The Hall–Kier alpha value is -2.17. The van der Waals surface area contributed by atoms with Crippen LogP contribution in [0.25, 0.3) is 11.3 Å². The molecule has 23 heavy (non-hydrogen) atoms. The first kappa shape index (κ1) is 15.7. The Morgan fingerprint density at radius 2 is 2.09 bits per heavy atom. The highest BCUT2D eigenvalue weighted by atomic mass is 32.1. The van der Waals surface area contributed by atoms with E-state index in [4.69, 9.17) is 4.74 Å². The van der Waals surface area contributed by atoms with Crippen molar-refractivity contribution >= 4 is 11.3 Å². The number of pyridine rings is 1. The van der Waals surface area contributed by atoms with Gasteiger partial charge in [-0.05, 0) is 49.3 Å². The van der Waals surface area contributed by atoms with E-state index in [0.717, 1.165) is 30.0 Å². The van der Waals surface area contributed by atoms with Gasteiger partial charge in [-0.1, -0.05) is 24.3 Å². The second kappa shape index (κ2) is 7.90. The van der Waals surface area contributed by atoms with Crippen molar-refractivity contribution in [3.8, 4) is 17.0 Å². The first-order chi connectivity index (χ1) is 11.4. The Balaban J connectivity index is 1.80. The number of nitrogens with one attached hydrogen (secondary N) is 1. The topological polar surface area (TPSA) is 34.1 Å². The molecule has 0 fully saturated rings. The number of thiophene rings is 1. The zero-order valence-electron chi connectivity index (χ0n) is 13.1. The van der Waals surface area contributed by atoms with Crippen LogP contribution in [0.5, 0.6) is 5.75 Å². The maximum absolute atomic E-state index is 6.27. The minimum absolute atomic E-state index is 0.0708. The Labute approximate surface area is 141 Å². The number of benzene rings is 1. The van der Waals surface area contributed by atoms with E-state index in [1.807, 2.05) is 43.6 Å². The summed E-state index contributed by atoms with van der Waals surface area (Å²) in [5, 5.41) is 5.29. The molecule has 0 bridgehead atoms. The van der Waals surface area contributed by atoms with E-state index >= 15 is 0 Å². The quantitative estimate of drug-likeness (QED) is 0.693. The molecule has 2 aromatic heterocycles. The third-order valence-corrected chi connectivity index (χ3v) is 4.55. The first-order valence-corrected chi connectivity index (χ1v) is 8.61. The molecule has 2 heterocycles. The van der Waals surface area contributed by atoms with Gasteiger partial charge in [0.15, 0.2) is 0 Å². The third kappa shape index (κ3) is 4.18. The standard InChI is InChI=1S/C19H20N2OS/c1-20-12-10-18(19-9-5-13-23-19)22-16-7-4-6-15(14-16)17-8-2-3-11-21-17/h2-9,11,13-14,18,20H,10,12H2,1H3. The Kier molecular flexibility index (Phi) is 5.40. The lowest BCUT2D eigenvalue weighted by Crippen LogP contribution is -2.15. The molecule has 118 valence electrons. The molecule has 0 amide bonds. The highest BCUT2D eigenvalue weighted by Crippen LogP contribution is 2.30. The Bertz CT molecular complexity index is 713. The van der Waals surface area contributed by atoms with Gasteiger partial charge in [0.2, 0.25) is 0 Å². The van der Waals surface area contributed by atoms with Crippen LogP contribution >= 0.6 is 11.3 Å². The monoisotopic (exact) mass is 324 g/mol. The average molecular weight is 324 g/mol. The van der Waals surface area contributed by atoms with Crippen LogP contribution in [0.1, 0.15) is 17.4 Å². The minimum Gasteiger partial charge on any atom is -0.485 e. The first-order valence-electron chi connectivity index (χ1n) is 7.73. The largest absolute Gasteiger partial charge is 0.485 e. The van der Waals surface area contributed by atoms with E-state index in [1.54, 1.807) is 11.3 Å². The van der Waals surface area contributed by atoms with E-state index in [0.29, 0.717) is 0 Å². The van der Waals surface area contributed by atoms with Crippen molar-refractivity contribution in [2.24, 2.45) is 0 Å². The molecule has 4 heteroatoms. The lowest BCUT2D eigenvalue weighted by atomic mass is 10.1. The molecule has 0 spiro atoms. The van der Waals surface area contributed by atoms with Crippen LogP contribution in [0.3, 0.4) is 0 Å². The Morgan fingerprint density at radius 1 is 1.13 bits per heavy atom. The van der Waals surface area contributed by atoms with Gasteiger partial charge in [0.1, 0.15) is 11.9 Å². The highest BCUT2D eigenvalue weighted by Gasteiger charge is 2.14. The number of nitrogens with zero attached hydrogens (tertiary/aromatic N) is 1. The average Bonchev–Trinajstić information content (AvgIpc) is 3.14.